The normalized spacial score (nSPS) is 11.8. The van der Waals surface area contributed by atoms with Crippen LogP contribution in [-0.4, -0.2) is 32.8 Å². The minimum atomic E-state index is -0.863. The van der Waals surface area contributed by atoms with Gasteiger partial charge in [-0.25, -0.2) is 4.79 Å². The van der Waals surface area contributed by atoms with Gasteiger partial charge in [0.1, 0.15) is 0 Å². The number of carboxylic acid groups (broad SMARTS) is 1. The third-order valence-corrected chi connectivity index (χ3v) is 3.62. The number of aryl methyl sites for hydroxylation is 1. The van der Waals surface area contributed by atoms with E-state index in [9.17, 15) is 9.90 Å². The average Bonchev–Trinajstić information content (AvgIpc) is 2.65. The highest BCUT2D eigenvalue weighted by atomic mass is 16.4. The lowest BCUT2D eigenvalue weighted by atomic mass is 10.0. The Kier molecular flexibility index (Phi) is 3.75. The molecule has 1 heterocycles. The molecule has 0 aliphatic carbocycles. The van der Waals surface area contributed by atoms with Gasteiger partial charge >= 0.3 is 6.09 Å². The lowest BCUT2D eigenvalue weighted by Crippen LogP contribution is -2.45. The van der Waals surface area contributed by atoms with Crippen molar-refractivity contribution in [1.29, 1.82) is 0 Å². The highest BCUT2D eigenvalue weighted by molar-refractivity contribution is 5.83. The zero-order chi connectivity index (χ0) is 14.9. The van der Waals surface area contributed by atoms with E-state index in [4.69, 9.17) is 0 Å². The minimum absolute atomic E-state index is 0.379. The summed E-state index contributed by atoms with van der Waals surface area (Å²) in [6, 6.07) is 8.21. The van der Waals surface area contributed by atoms with Gasteiger partial charge in [0.2, 0.25) is 0 Å². The van der Waals surface area contributed by atoms with Gasteiger partial charge in [0, 0.05) is 36.2 Å². The van der Waals surface area contributed by atoms with Gasteiger partial charge in [-0.15, -0.1) is 0 Å². The number of nitrogens with zero attached hydrogens (tertiary/aromatic N) is 2. The van der Waals surface area contributed by atoms with Gasteiger partial charge in [0.15, 0.2) is 0 Å². The van der Waals surface area contributed by atoms with Crippen molar-refractivity contribution in [2.75, 3.05) is 6.54 Å². The molecule has 0 unspecified atom stereocenters. The van der Waals surface area contributed by atoms with Gasteiger partial charge in [-0.3, -0.25) is 0 Å². The van der Waals surface area contributed by atoms with E-state index in [0.29, 0.717) is 6.54 Å². The van der Waals surface area contributed by atoms with Crippen LogP contribution in [0.25, 0.3) is 10.9 Å². The number of carbonyl (C=O) groups is 1. The molecule has 1 N–H and O–H groups in total. The number of hydrogen-bond donors (Lipinski definition) is 1. The second kappa shape index (κ2) is 5.19. The third-order valence-electron chi connectivity index (χ3n) is 3.62. The number of amides is 1. The van der Waals surface area contributed by atoms with Gasteiger partial charge in [-0.05, 0) is 38.8 Å². The molecule has 0 radical (unpaired) electrons. The molecular formula is C16H22N2O2. The number of rotatable bonds is 3. The Morgan fingerprint density at radius 1 is 1.30 bits per heavy atom. The maximum atomic E-state index is 11.4. The summed E-state index contributed by atoms with van der Waals surface area (Å²) in [6.07, 6.45) is 1.95. The first-order valence-corrected chi connectivity index (χ1v) is 6.84. The molecule has 0 aliphatic heterocycles. The highest BCUT2D eigenvalue weighted by Gasteiger charge is 2.25. The molecule has 20 heavy (non-hydrogen) atoms. The Hall–Kier alpha value is -1.97. The van der Waals surface area contributed by atoms with Crippen molar-refractivity contribution in [1.82, 2.24) is 9.47 Å². The quantitative estimate of drug-likeness (QED) is 0.931. The summed E-state index contributed by atoms with van der Waals surface area (Å²) in [4.78, 5) is 12.9. The molecule has 4 nitrogen and oxygen atoms in total. The number of benzene rings is 1. The summed E-state index contributed by atoms with van der Waals surface area (Å²) >= 11 is 0. The van der Waals surface area contributed by atoms with Gasteiger partial charge in [0.25, 0.3) is 0 Å². The molecule has 1 amide bonds. The second-order valence-corrected chi connectivity index (χ2v) is 6.14. The summed E-state index contributed by atoms with van der Waals surface area (Å²) in [5, 5.41) is 10.5. The molecule has 1 aromatic heterocycles. The maximum Gasteiger partial charge on any atom is 0.407 e. The number of aromatic nitrogens is 1. The Morgan fingerprint density at radius 3 is 2.55 bits per heavy atom. The largest absolute Gasteiger partial charge is 0.465 e. The van der Waals surface area contributed by atoms with Crippen molar-refractivity contribution in [3.8, 4) is 0 Å². The van der Waals surface area contributed by atoms with E-state index < -0.39 is 6.09 Å². The average molecular weight is 274 g/mol. The molecule has 0 saturated carbocycles. The van der Waals surface area contributed by atoms with E-state index in [1.54, 1.807) is 0 Å². The van der Waals surface area contributed by atoms with Gasteiger partial charge in [-0.1, -0.05) is 18.2 Å². The summed E-state index contributed by atoms with van der Waals surface area (Å²) in [6.45, 7) is 6.27. The van der Waals surface area contributed by atoms with Crippen LogP contribution in [0.15, 0.2) is 30.5 Å². The first-order valence-electron chi connectivity index (χ1n) is 6.84. The summed E-state index contributed by atoms with van der Waals surface area (Å²) in [5.74, 6) is 0. The predicted molar refractivity (Wildman–Crippen MR) is 81.1 cm³/mol. The van der Waals surface area contributed by atoms with Crippen LogP contribution in [-0.2, 0) is 13.5 Å². The summed E-state index contributed by atoms with van der Waals surface area (Å²) in [5.41, 5.74) is 2.00. The van der Waals surface area contributed by atoms with E-state index in [0.717, 1.165) is 6.42 Å². The Bertz CT molecular complexity index is 623. The molecule has 108 valence electrons. The molecule has 4 heteroatoms. The third kappa shape index (κ3) is 2.79. The Labute approximate surface area is 119 Å². The van der Waals surface area contributed by atoms with Crippen LogP contribution in [0.2, 0.25) is 0 Å². The van der Waals surface area contributed by atoms with Crippen molar-refractivity contribution >= 4 is 17.0 Å². The van der Waals surface area contributed by atoms with Crippen LogP contribution in [0.4, 0.5) is 4.79 Å². The second-order valence-electron chi connectivity index (χ2n) is 6.14. The van der Waals surface area contributed by atoms with E-state index in [1.807, 2.05) is 40.0 Å². The lowest BCUT2D eigenvalue weighted by Gasteiger charge is -2.33. The van der Waals surface area contributed by atoms with E-state index >= 15 is 0 Å². The maximum absolute atomic E-state index is 11.4. The van der Waals surface area contributed by atoms with E-state index in [2.05, 4.69) is 22.9 Å². The van der Waals surface area contributed by atoms with Crippen LogP contribution < -0.4 is 0 Å². The van der Waals surface area contributed by atoms with E-state index in [-0.39, 0.29) is 5.54 Å². The van der Waals surface area contributed by atoms with Gasteiger partial charge in [-0.2, -0.15) is 0 Å². The lowest BCUT2D eigenvalue weighted by molar-refractivity contribution is 0.101. The molecule has 2 aromatic rings. The van der Waals surface area contributed by atoms with Crippen LogP contribution >= 0.6 is 0 Å². The SMILES string of the molecule is Cn1cc(CCN(C(=O)O)C(C)(C)C)c2ccccc21. The van der Waals surface area contributed by atoms with Crippen molar-refractivity contribution in [3.63, 3.8) is 0 Å². The molecular weight excluding hydrogens is 252 g/mol. The van der Waals surface area contributed by atoms with Crippen molar-refractivity contribution in [3.05, 3.63) is 36.0 Å². The molecule has 1 aromatic carbocycles. The molecule has 0 spiro atoms. The molecule has 0 saturated heterocycles. The van der Waals surface area contributed by atoms with Gasteiger partial charge < -0.3 is 14.6 Å². The fraction of sp³-hybridized carbons (Fsp3) is 0.438. The Balaban J connectivity index is 2.23. The topological polar surface area (TPSA) is 45.5 Å². The molecule has 0 fully saturated rings. The molecule has 0 bridgehead atoms. The predicted octanol–water partition coefficient (Wildman–Crippen LogP) is 3.50. The minimum Gasteiger partial charge on any atom is -0.465 e. The summed E-state index contributed by atoms with van der Waals surface area (Å²) < 4.78 is 2.09. The van der Waals surface area contributed by atoms with Crippen LogP contribution in [0.3, 0.4) is 0 Å². The first kappa shape index (κ1) is 14.4. The number of hydrogen-bond acceptors (Lipinski definition) is 1. The number of fused-ring (bicyclic) bond motifs is 1. The van der Waals surface area contributed by atoms with Crippen molar-refractivity contribution in [2.45, 2.75) is 32.7 Å². The number of para-hydroxylation sites is 1. The zero-order valence-electron chi connectivity index (χ0n) is 12.6. The smallest absolute Gasteiger partial charge is 0.407 e. The van der Waals surface area contributed by atoms with Crippen molar-refractivity contribution in [2.24, 2.45) is 7.05 Å². The molecule has 0 aliphatic rings. The summed E-state index contributed by atoms with van der Waals surface area (Å²) in [7, 11) is 2.02. The van der Waals surface area contributed by atoms with Gasteiger partial charge in [0.05, 0.1) is 0 Å². The van der Waals surface area contributed by atoms with Crippen LogP contribution in [0, 0.1) is 0 Å². The highest BCUT2D eigenvalue weighted by Crippen LogP contribution is 2.22. The van der Waals surface area contributed by atoms with E-state index in [1.165, 1.54) is 21.4 Å². The standard InChI is InChI=1S/C16H22N2O2/c1-16(2,3)18(15(19)20)10-9-12-11-17(4)14-8-6-5-7-13(12)14/h5-8,11H,9-10H2,1-4H3,(H,19,20). The zero-order valence-corrected chi connectivity index (χ0v) is 12.6. The van der Waals surface area contributed by atoms with Crippen LogP contribution in [0.1, 0.15) is 26.3 Å². The van der Waals surface area contributed by atoms with Crippen LogP contribution in [0.5, 0.6) is 0 Å². The Morgan fingerprint density at radius 2 is 1.95 bits per heavy atom. The molecule has 2 rings (SSSR count). The monoisotopic (exact) mass is 274 g/mol. The first-order chi connectivity index (χ1) is 9.30. The fourth-order valence-electron chi connectivity index (χ4n) is 2.58. The molecule has 0 atom stereocenters. The van der Waals surface area contributed by atoms with Crippen molar-refractivity contribution < 1.29 is 9.90 Å². The fourth-order valence-corrected chi connectivity index (χ4v) is 2.58.